The second-order valence-electron chi connectivity index (χ2n) is 17.7. The standard InChI is InChI=1S/C62H36N4O/c1-2-14-38-35-57-49(32-37(38)13-1)45-18-4-9-24-55(45)66(57)56-25-12-16-40-33-50-44-17-3-8-23-54(44)65(58(50)36-48(40)56)42-28-29-43-39(31-42)15-11-20-47(43)62-61(63-52-21-6-7-22-53(52)64-62)41-27-30-60-51(34-41)46-19-5-10-26-59(46)67-60/h1-36H. The van der Waals surface area contributed by atoms with Gasteiger partial charge in [0.1, 0.15) is 11.2 Å². The molecule has 5 heteroatoms. The van der Waals surface area contributed by atoms with Crippen molar-refractivity contribution in [3.8, 4) is 33.9 Å². The van der Waals surface area contributed by atoms with Crippen LogP contribution in [-0.4, -0.2) is 19.1 Å². The topological polar surface area (TPSA) is 48.8 Å². The minimum Gasteiger partial charge on any atom is -0.456 e. The lowest BCUT2D eigenvalue weighted by Crippen LogP contribution is -1.98. The van der Waals surface area contributed by atoms with Crippen molar-refractivity contribution in [1.82, 2.24) is 19.1 Å². The van der Waals surface area contributed by atoms with Crippen molar-refractivity contribution in [2.24, 2.45) is 0 Å². The summed E-state index contributed by atoms with van der Waals surface area (Å²) in [6.45, 7) is 0. The van der Waals surface area contributed by atoms with E-state index in [0.29, 0.717) is 0 Å². The number of benzene rings is 11. The molecule has 0 bridgehead atoms. The van der Waals surface area contributed by atoms with E-state index in [0.717, 1.165) is 88.7 Å². The fourth-order valence-electron chi connectivity index (χ4n) is 11.0. The van der Waals surface area contributed by atoms with Gasteiger partial charge in [-0.25, -0.2) is 9.97 Å². The molecule has 0 saturated carbocycles. The van der Waals surface area contributed by atoms with Crippen LogP contribution in [0.15, 0.2) is 223 Å². The summed E-state index contributed by atoms with van der Waals surface area (Å²) in [4.78, 5) is 10.7. The lowest BCUT2D eigenvalue weighted by Gasteiger charge is -2.15. The number of para-hydroxylation sites is 5. The molecule has 0 unspecified atom stereocenters. The first-order valence-corrected chi connectivity index (χ1v) is 22.8. The second-order valence-corrected chi connectivity index (χ2v) is 17.7. The Bertz CT molecular complexity index is 4590. The summed E-state index contributed by atoms with van der Waals surface area (Å²) in [5.41, 5.74) is 14.1. The van der Waals surface area contributed by atoms with E-state index >= 15 is 0 Å². The van der Waals surface area contributed by atoms with Gasteiger partial charge in [-0.05, 0) is 118 Å². The number of hydrogen-bond donors (Lipinski definition) is 0. The van der Waals surface area contributed by atoms with Crippen molar-refractivity contribution >= 4 is 109 Å². The van der Waals surface area contributed by atoms with Gasteiger partial charge in [0.2, 0.25) is 0 Å². The van der Waals surface area contributed by atoms with Crippen LogP contribution in [0.1, 0.15) is 0 Å². The van der Waals surface area contributed by atoms with Gasteiger partial charge in [-0.3, -0.25) is 0 Å². The van der Waals surface area contributed by atoms with Crippen LogP contribution in [-0.2, 0) is 0 Å². The van der Waals surface area contributed by atoms with E-state index in [4.69, 9.17) is 14.4 Å². The molecule has 4 heterocycles. The molecule has 5 nitrogen and oxygen atoms in total. The Balaban J connectivity index is 0.941. The van der Waals surface area contributed by atoms with E-state index in [1.165, 1.54) is 54.1 Å². The minimum atomic E-state index is 0.837. The van der Waals surface area contributed by atoms with Crippen molar-refractivity contribution in [3.05, 3.63) is 218 Å². The quantitative estimate of drug-likeness (QED) is 0.177. The molecule has 0 aliphatic heterocycles. The molecule has 0 aliphatic rings. The molecular weight excluding hydrogens is 817 g/mol. The lowest BCUT2D eigenvalue weighted by molar-refractivity contribution is 0.669. The van der Waals surface area contributed by atoms with Gasteiger partial charge in [-0.2, -0.15) is 0 Å². The number of aromatic nitrogens is 4. The third-order valence-corrected chi connectivity index (χ3v) is 14.0. The molecule has 0 radical (unpaired) electrons. The smallest absolute Gasteiger partial charge is 0.135 e. The number of fused-ring (bicyclic) bond motifs is 13. The molecule has 0 saturated heterocycles. The van der Waals surface area contributed by atoms with Crippen LogP contribution in [0.25, 0.3) is 143 Å². The van der Waals surface area contributed by atoms with Crippen molar-refractivity contribution < 1.29 is 4.42 Å². The molecule has 4 aromatic heterocycles. The molecule has 310 valence electrons. The molecule has 11 aromatic carbocycles. The van der Waals surface area contributed by atoms with E-state index in [-0.39, 0.29) is 0 Å². The molecule has 67 heavy (non-hydrogen) atoms. The molecule has 15 rings (SSSR count). The van der Waals surface area contributed by atoms with Crippen LogP contribution in [0.3, 0.4) is 0 Å². The van der Waals surface area contributed by atoms with Crippen LogP contribution in [0.5, 0.6) is 0 Å². The first-order valence-electron chi connectivity index (χ1n) is 22.8. The summed E-state index contributed by atoms with van der Waals surface area (Å²) < 4.78 is 11.1. The van der Waals surface area contributed by atoms with Gasteiger partial charge < -0.3 is 13.6 Å². The van der Waals surface area contributed by atoms with E-state index in [1.54, 1.807) is 0 Å². The average molecular weight is 853 g/mol. The first-order chi connectivity index (χ1) is 33.2. The van der Waals surface area contributed by atoms with Crippen LogP contribution in [0, 0.1) is 0 Å². The normalized spacial score (nSPS) is 12.2. The predicted octanol–water partition coefficient (Wildman–Crippen LogP) is 16.5. The molecule has 0 amide bonds. The summed E-state index contributed by atoms with van der Waals surface area (Å²) in [6.07, 6.45) is 0. The van der Waals surface area contributed by atoms with Crippen molar-refractivity contribution in [2.45, 2.75) is 0 Å². The summed E-state index contributed by atoms with van der Waals surface area (Å²) >= 11 is 0. The summed E-state index contributed by atoms with van der Waals surface area (Å²) in [5.74, 6) is 0. The average Bonchev–Trinajstić information content (AvgIpc) is 4.03. The summed E-state index contributed by atoms with van der Waals surface area (Å²) in [7, 11) is 0. The zero-order valence-electron chi connectivity index (χ0n) is 36.0. The Morgan fingerprint density at radius 1 is 0.313 bits per heavy atom. The summed E-state index contributed by atoms with van der Waals surface area (Å²) in [5, 5.41) is 14.2. The highest BCUT2D eigenvalue weighted by atomic mass is 16.3. The molecule has 15 aromatic rings. The van der Waals surface area contributed by atoms with Gasteiger partial charge >= 0.3 is 0 Å². The fourth-order valence-corrected chi connectivity index (χ4v) is 11.0. The monoisotopic (exact) mass is 852 g/mol. The number of nitrogens with zero attached hydrogens (tertiary/aromatic N) is 4. The number of hydrogen-bond acceptors (Lipinski definition) is 3. The highest BCUT2D eigenvalue weighted by Gasteiger charge is 2.21. The Hall–Kier alpha value is -9.06. The molecule has 0 aliphatic carbocycles. The van der Waals surface area contributed by atoms with E-state index < -0.39 is 0 Å². The van der Waals surface area contributed by atoms with Crippen LogP contribution in [0.2, 0.25) is 0 Å². The third kappa shape index (κ3) is 5.31. The van der Waals surface area contributed by atoms with Gasteiger partial charge in [-0.15, -0.1) is 0 Å². The first kappa shape index (κ1) is 36.3. The highest BCUT2D eigenvalue weighted by Crippen LogP contribution is 2.42. The molecule has 0 spiro atoms. The Kier molecular flexibility index (Phi) is 7.44. The molecule has 0 atom stereocenters. The van der Waals surface area contributed by atoms with Gasteiger partial charge in [0.15, 0.2) is 0 Å². The van der Waals surface area contributed by atoms with Gasteiger partial charge in [0.05, 0.1) is 50.2 Å². The van der Waals surface area contributed by atoms with Crippen LogP contribution in [0.4, 0.5) is 0 Å². The van der Waals surface area contributed by atoms with Gasteiger partial charge in [0, 0.05) is 54.5 Å². The number of furan rings is 1. The van der Waals surface area contributed by atoms with Crippen molar-refractivity contribution in [2.75, 3.05) is 0 Å². The fraction of sp³-hybridized carbons (Fsp3) is 0. The maximum Gasteiger partial charge on any atom is 0.135 e. The Morgan fingerprint density at radius 3 is 1.72 bits per heavy atom. The summed E-state index contributed by atoms with van der Waals surface area (Å²) in [6, 6.07) is 78.7. The largest absolute Gasteiger partial charge is 0.456 e. The zero-order chi connectivity index (χ0) is 43.7. The molecule has 0 N–H and O–H groups in total. The maximum absolute atomic E-state index is 6.23. The molecule has 0 fully saturated rings. The predicted molar refractivity (Wildman–Crippen MR) is 279 cm³/mol. The number of rotatable bonds is 4. The Morgan fingerprint density at radius 2 is 0.910 bits per heavy atom. The van der Waals surface area contributed by atoms with E-state index in [9.17, 15) is 0 Å². The second kappa shape index (κ2) is 13.7. The minimum absolute atomic E-state index is 0.837. The highest BCUT2D eigenvalue weighted by molar-refractivity contribution is 6.18. The van der Waals surface area contributed by atoms with Gasteiger partial charge in [-0.1, -0.05) is 127 Å². The van der Waals surface area contributed by atoms with E-state index in [1.807, 2.05) is 36.4 Å². The third-order valence-electron chi connectivity index (χ3n) is 14.0. The van der Waals surface area contributed by atoms with Gasteiger partial charge in [0.25, 0.3) is 0 Å². The van der Waals surface area contributed by atoms with Crippen molar-refractivity contribution in [1.29, 1.82) is 0 Å². The zero-order valence-corrected chi connectivity index (χ0v) is 36.0. The van der Waals surface area contributed by atoms with E-state index in [2.05, 4.69) is 191 Å². The lowest BCUT2D eigenvalue weighted by atomic mass is 9.97. The molecular formula is C62H36N4O. The van der Waals surface area contributed by atoms with Crippen LogP contribution >= 0.6 is 0 Å². The van der Waals surface area contributed by atoms with Crippen LogP contribution < -0.4 is 0 Å². The Labute approximate surface area is 383 Å². The SMILES string of the molecule is c1ccc2cc3c(cc2c1)c1ccccc1n3-c1cccc2cc3c4ccccc4n(-c4ccc5c(-c6nc7ccccc7nc6-c6ccc7oc8ccccc8c7c6)cccc5c4)c3cc12. The maximum atomic E-state index is 6.23. The van der Waals surface area contributed by atoms with Crippen molar-refractivity contribution in [3.63, 3.8) is 0 Å².